The summed E-state index contributed by atoms with van der Waals surface area (Å²) in [5.41, 5.74) is 12.8. The highest BCUT2D eigenvalue weighted by atomic mass is 32.1. The van der Waals surface area contributed by atoms with Crippen LogP contribution in [-0.4, -0.2) is 29.9 Å². The van der Waals surface area contributed by atoms with Crippen molar-refractivity contribution in [3.8, 4) is 0 Å². The first-order valence-electron chi connectivity index (χ1n) is 6.64. The van der Waals surface area contributed by atoms with E-state index in [2.05, 4.69) is 37.1 Å². The molecular formula is C14H25N3OS. The van der Waals surface area contributed by atoms with Crippen LogP contribution >= 0.6 is 11.3 Å². The first kappa shape index (κ1) is 16.1. The van der Waals surface area contributed by atoms with E-state index >= 15 is 0 Å². The maximum absolute atomic E-state index is 11.3. The lowest BCUT2D eigenvalue weighted by Crippen LogP contribution is -2.45. The predicted octanol–water partition coefficient (Wildman–Crippen LogP) is 1.89. The van der Waals surface area contributed by atoms with Crippen LogP contribution in [-0.2, 0) is 4.79 Å². The molecule has 108 valence electrons. The third kappa shape index (κ3) is 4.60. The minimum Gasteiger partial charge on any atom is -0.369 e. The molecule has 4 N–H and O–H groups in total. The van der Waals surface area contributed by atoms with Crippen molar-refractivity contribution in [2.45, 2.75) is 39.8 Å². The van der Waals surface area contributed by atoms with E-state index in [4.69, 9.17) is 11.5 Å². The van der Waals surface area contributed by atoms with Crippen molar-refractivity contribution in [2.75, 3.05) is 13.1 Å². The Balaban J connectivity index is 3.05. The Morgan fingerprint density at radius 3 is 2.42 bits per heavy atom. The molecular weight excluding hydrogens is 258 g/mol. The van der Waals surface area contributed by atoms with Gasteiger partial charge in [-0.1, -0.05) is 13.8 Å². The number of thiophene rings is 1. The van der Waals surface area contributed by atoms with Crippen molar-refractivity contribution >= 4 is 17.2 Å². The van der Waals surface area contributed by atoms with E-state index in [1.54, 1.807) is 11.3 Å². The fraction of sp³-hybridized carbons (Fsp3) is 0.643. The second-order valence-electron chi connectivity index (χ2n) is 5.56. The highest BCUT2D eigenvalue weighted by Crippen LogP contribution is 2.31. The van der Waals surface area contributed by atoms with E-state index in [9.17, 15) is 4.79 Å². The summed E-state index contributed by atoms with van der Waals surface area (Å²) in [5, 5.41) is 2.07. The molecule has 0 saturated carbocycles. The molecule has 4 nitrogen and oxygen atoms in total. The van der Waals surface area contributed by atoms with Gasteiger partial charge in [0.05, 0.1) is 12.6 Å². The van der Waals surface area contributed by atoms with Gasteiger partial charge in [0.25, 0.3) is 0 Å². The number of nitrogens with zero attached hydrogens (tertiary/aromatic N) is 1. The third-order valence-electron chi connectivity index (χ3n) is 3.02. The minimum absolute atomic E-state index is 0.0459. The number of amides is 1. The van der Waals surface area contributed by atoms with Crippen LogP contribution in [0.15, 0.2) is 11.4 Å². The van der Waals surface area contributed by atoms with Gasteiger partial charge >= 0.3 is 0 Å². The van der Waals surface area contributed by atoms with Crippen LogP contribution in [0.3, 0.4) is 0 Å². The smallest absolute Gasteiger partial charge is 0.231 e. The zero-order valence-electron chi connectivity index (χ0n) is 12.2. The average molecular weight is 283 g/mol. The summed E-state index contributed by atoms with van der Waals surface area (Å²) >= 11 is 1.69. The van der Waals surface area contributed by atoms with Crippen molar-refractivity contribution in [3.63, 3.8) is 0 Å². The quantitative estimate of drug-likeness (QED) is 0.802. The summed E-state index contributed by atoms with van der Waals surface area (Å²) in [6.07, 6.45) is 0. The SMILES string of the molecule is Cc1ccsc1C(C(C)N)N(CC(N)=O)CC(C)C. The van der Waals surface area contributed by atoms with E-state index in [0.29, 0.717) is 5.92 Å². The Morgan fingerprint density at radius 1 is 1.42 bits per heavy atom. The molecule has 2 atom stereocenters. The molecule has 1 rings (SSSR count). The van der Waals surface area contributed by atoms with E-state index in [0.717, 1.165) is 6.54 Å². The number of carbonyl (C=O) groups excluding carboxylic acids is 1. The van der Waals surface area contributed by atoms with Gasteiger partial charge < -0.3 is 11.5 Å². The molecule has 0 aliphatic heterocycles. The molecule has 0 bridgehead atoms. The number of hydrogen-bond donors (Lipinski definition) is 2. The van der Waals surface area contributed by atoms with Crippen LogP contribution in [0.2, 0.25) is 0 Å². The van der Waals surface area contributed by atoms with Crippen LogP contribution in [0.5, 0.6) is 0 Å². The molecule has 1 aromatic rings. The van der Waals surface area contributed by atoms with Gasteiger partial charge in [-0.15, -0.1) is 11.3 Å². The van der Waals surface area contributed by atoms with Gasteiger partial charge in [-0.05, 0) is 36.8 Å². The molecule has 0 spiro atoms. The van der Waals surface area contributed by atoms with Crippen molar-refractivity contribution in [2.24, 2.45) is 17.4 Å². The summed E-state index contributed by atoms with van der Waals surface area (Å²) in [6, 6.07) is 2.10. The van der Waals surface area contributed by atoms with Gasteiger partial charge in [0.1, 0.15) is 0 Å². The molecule has 0 saturated heterocycles. The fourth-order valence-corrected chi connectivity index (χ4v) is 3.55. The summed E-state index contributed by atoms with van der Waals surface area (Å²) in [7, 11) is 0. The van der Waals surface area contributed by atoms with E-state index in [-0.39, 0.29) is 24.5 Å². The number of primary amides is 1. The number of nitrogens with two attached hydrogens (primary N) is 2. The van der Waals surface area contributed by atoms with E-state index < -0.39 is 0 Å². The lowest BCUT2D eigenvalue weighted by Gasteiger charge is -2.34. The topological polar surface area (TPSA) is 72.3 Å². The van der Waals surface area contributed by atoms with Gasteiger partial charge in [-0.3, -0.25) is 9.69 Å². The van der Waals surface area contributed by atoms with Crippen molar-refractivity contribution in [3.05, 3.63) is 21.9 Å². The Labute approximate surface area is 119 Å². The highest BCUT2D eigenvalue weighted by molar-refractivity contribution is 7.10. The second-order valence-corrected chi connectivity index (χ2v) is 6.51. The first-order chi connectivity index (χ1) is 8.82. The standard InChI is InChI=1S/C14H25N3OS/c1-9(2)7-17(8-12(16)18)13(11(4)15)14-10(3)5-6-19-14/h5-6,9,11,13H,7-8,15H2,1-4H3,(H2,16,18). The lowest BCUT2D eigenvalue weighted by atomic mass is 10.0. The molecule has 0 aromatic carbocycles. The van der Waals surface area contributed by atoms with Gasteiger partial charge in [-0.25, -0.2) is 0 Å². The molecule has 2 unspecified atom stereocenters. The van der Waals surface area contributed by atoms with E-state index in [1.807, 2.05) is 6.92 Å². The Bertz CT molecular complexity index is 415. The fourth-order valence-electron chi connectivity index (χ4n) is 2.37. The molecule has 0 aliphatic carbocycles. The molecule has 1 amide bonds. The third-order valence-corrected chi connectivity index (χ3v) is 4.11. The van der Waals surface area contributed by atoms with Crippen molar-refractivity contribution in [1.82, 2.24) is 4.90 Å². The summed E-state index contributed by atoms with van der Waals surface area (Å²) < 4.78 is 0. The molecule has 1 heterocycles. The van der Waals surface area contributed by atoms with Crippen molar-refractivity contribution in [1.29, 1.82) is 0 Å². The molecule has 0 fully saturated rings. The van der Waals surface area contributed by atoms with Gasteiger partial charge in [-0.2, -0.15) is 0 Å². The van der Waals surface area contributed by atoms with Crippen LogP contribution in [0.1, 0.15) is 37.3 Å². The second kappa shape index (κ2) is 7.03. The largest absolute Gasteiger partial charge is 0.369 e. The van der Waals surface area contributed by atoms with Crippen LogP contribution < -0.4 is 11.5 Å². The zero-order chi connectivity index (χ0) is 14.6. The molecule has 1 aromatic heterocycles. The Hall–Kier alpha value is -0.910. The zero-order valence-corrected chi connectivity index (χ0v) is 13.0. The van der Waals surface area contributed by atoms with Crippen molar-refractivity contribution < 1.29 is 4.79 Å². The molecule has 5 heteroatoms. The number of aryl methyl sites for hydroxylation is 1. The first-order valence-corrected chi connectivity index (χ1v) is 7.52. The summed E-state index contributed by atoms with van der Waals surface area (Å²) in [5.74, 6) is 0.154. The van der Waals surface area contributed by atoms with Gasteiger partial charge in [0.2, 0.25) is 5.91 Å². The van der Waals surface area contributed by atoms with Crippen LogP contribution in [0.4, 0.5) is 0 Å². The van der Waals surface area contributed by atoms with Crippen LogP contribution in [0, 0.1) is 12.8 Å². The minimum atomic E-state index is -0.305. The predicted molar refractivity (Wildman–Crippen MR) is 81.1 cm³/mol. The average Bonchev–Trinajstić information content (AvgIpc) is 2.62. The highest BCUT2D eigenvalue weighted by Gasteiger charge is 2.27. The Kier molecular flexibility index (Phi) is 5.97. The summed E-state index contributed by atoms with van der Waals surface area (Å²) in [6.45, 7) is 9.40. The monoisotopic (exact) mass is 283 g/mol. The maximum atomic E-state index is 11.3. The Morgan fingerprint density at radius 2 is 2.05 bits per heavy atom. The number of rotatable bonds is 7. The van der Waals surface area contributed by atoms with Gasteiger partial charge in [0.15, 0.2) is 0 Å². The number of carbonyl (C=O) groups is 1. The lowest BCUT2D eigenvalue weighted by molar-refractivity contribution is -0.119. The van der Waals surface area contributed by atoms with Gasteiger partial charge in [0, 0.05) is 17.5 Å². The molecule has 19 heavy (non-hydrogen) atoms. The van der Waals surface area contributed by atoms with E-state index in [1.165, 1.54) is 10.4 Å². The molecule has 0 aliphatic rings. The maximum Gasteiger partial charge on any atom is 0.231 e. The van der Waals surface area contributed by atoms with Crippen LogP contribution in [0.25, 0.3) is 0 Å². The molecule has 0 radical (unpaired) electrons. The number of hydrogen-bond acceptors (Lipinski definition) is 4. The normalized spacial score (nSPS) is 14.9. The summed E-state index contributed by atoms with van der Waals surface area (Å²) in [4.78, 5) is 14.7.